The van der Waals surface area contributed by atoms with Gasteiger partial charge in [0.2, 0.25) is 0 Å². The fourth-order valence-corrected chi connectivity index (χ4v) is 7.51. The van der Waals surface area contributed by atoms with Crippen LogP contribution >= 0.6 is 0 Å². The van der Waals surface area contributed by atoms with Gasteiger partial charge >= 0.3 is 17.9 Å². The quantitative estimate of drug-likeness (QED) is 0.0291. The SMILES string of the molecule is CCCCCC(CCCCC)CCOC(=O)CCCCCCCC(CCCCCCCC(=O)O[C@@H]1CC2CC2=C1C)OC(=O)CCCN(C)C. The smallest absolute Gasteiger partial charge is 0.306 e. The number of ether oxygens (including phenoxy) is 3. The molecular weight excluding hydrogens is 626 g/mol. The molecule has 290 valence electrons. The minimum atomic E-state index is -0.0763. The summed E-state index contributed by atoms with van der Waals surface area (Å²) in [6, 6.07) is 0. The molecule has 2 aliphatic carbocycles. The number of rotatable bonds is 33. The number of nitrogens with zero attached hydrogens (tertiary/aromatic N) is 1. The summed E-state index contributed by atoms with van der Waals surface area (Å²) in [4.78, 5) is 39.3. The molecule has 0 N–H and O–H groups in total. The summed E-state index contributed by atoms with van der Waals surface area (Å²) in [5.74, 6) is 1.22. The average Bonchev–Trinajstić information content (AvgIpc) is 3.78. The second-order valence-electron chi connectivity index (χ2n) is 15.8. The molecule has 2 unspecified atom stereocenters. The topological polar surface area (TPSA) is 82.1 Å². The number of hydrogen-bond acceptors (Lipinski definition) is 7. The molecule has 0 radical (unpaired) electrons. The van der Waals surface area contributed by atoms with Crippen LogP contribution in [0, 0.1) is 11.8 Å². The van der Waals surface area contributed by atoms with Crippen molar-refractivity contribution in [2.45, 2.75) is 206 Å². The molecule has 7 nitrogen and oxygen atoms in total. The van der Waals surface area contributed by atoms with Crippen molar-refractivity contribution in [3.8, 4) is 0 Å². The first kappa shape index (κ1) is 44.3. The van der Waals surface area contributed by atoms with Crippen LogP contribution in [0.4, 0.5) is 0 Å². The van der Waals surface area contributed by atoms with Gasteiger partial charge in [0.1, 0.15) is 12.2 Å². The summed E-state index contributed by atoms with van der Waals surface area (Å²) >= 11 is 0. The zero-order valence-electron chi connectivity index (χ0n) is 33.2. The van der Waals surface area contributed by atoms with Crippen LogP contribution in [0.3, 0.4) is 0 Å². The van der Waals surface area contributed by atoms with Crippen LogP contribution in [-0.2, 0) is 28.6 Å². The highest BCUT2D eigenvalue weighted by Gasteiger charge is 2.43. The van der Waals surface area contributed by atoms with Crippen molar-refractivity contribution >= 4 is 17.9 Å². The molecule has 2 aliphatic rings. The molecule has 1 saturated carbocycles. The molecule has 0 aromatic carbocycles. The van der Waals surface area contributed by atoms with Gasteiger partial charge in [-0.15, -0.1) is 0 Å². The fourth-order valence-electron chi connectivity index (χ4n) is 7.51. The lowest BCUT2D eigenvalue weighted by Gasteiger charge is -2.18. The van der Waals surface area contributed by atoms with Crippen LogP contribution in [0.1, 0.15) is 194 Å². The van der Waals surface area contributed by atoms with E-state index in [1.54, 1.807) is 0 Å². The predicted octanol–water partition coefficient (Wildman–Crippen LogP) is 11.1. The number of fused-ring (bicyclic) bond motifs is 1. The minimum Gasteiger partial charge on any atom is -0.466 e. The Morgan fingerprint density at radius 1 is 0.660 bits per heavy atom. The Morgan fingerprint density at radius 2 is 1.20 bits per heavy atom. The molecule has 0 aromatic heterocycles. The standard InChI is InChI=1S/C43H77NO6/c1-6-8-16-23-36(24-17-9-7-2)30-32-48-41(45)27-20-14-10-12-18-25-38(49-42(46)29-22-31-44(4)5)26-19-13-11-15-21-28-43(47)50-40-34-37-33-39(37)35(40)3/h36-38,40H,6-34H2,1-5H3/t37?,38?,40-/m1/s1. The Morgan fingerprint density at radius 3 is 1.76 bits per heavy atom. The fraction of sp³-hybridized carbons (Fsp3) is 0.884. The molecule has 3 atom stereocenters. The summed E-state index contributed by atoms with van der Waals surface area (Å²) in [6.07, 6.45) is 27.9. The molecule has 0 amide bonds. The van der Waals surface area contributed by atoms with Crippen LogP contribution in [0.15, 0.2) is 11.1 Å². The second kappa shape index (κ2) is 27.7. The molecule has 7 heteroatoms. The predicted molar refractivity (Wildman–Crippen MR) is 205 cm³/mol. The number of esters is 3. The summed E-state index contributed by atoms with van der Waals surface area (Å²) in [5.41, 5.74) is 2.83. The van der Waals surface area contributed by atoms with E-state index in [-0.39, 0.29) is 30.1 Å². The third-order valence-corrected chi connectivity index (χ3v) is 10.9. The van der Waals surface area contributed by atoms with Gasteiger partial charge in [0.15, 0.2) is 0 Å². The number of hydrogen-bond donors (Lipinski definition) is 0. The third-order valence-electron chi connectivity index (χ3n) is 10.9. The summed E-state index contributed by atoms with van der Waals surface area (Å²) < 4.78 is 17.3. The monoisotopic (exact) mass is 704 g/mol. The summed E-state index contributed by atoms with van der Waals surface area (Å²) in [6.45, 7) is 8.09. The number of carbonyl (C=O) groups excluding carboxylic acids is 3. The Bertz CT molecular complexity index is 951. The van der Waals surface area contributed by atoms with E-state index in [1.165, 1.54) is 68.9 Å². The van der Waals surface area contributed by atoms with E-state index in [2.05, 4.69) is 25.7 Å². The van der Waals surface area contributed by atoms with Gasteiger partial charge in [-0.25, -0.2) is 0 Å². The van der Waals surface area contributed by atoms with Gasteiger partial charge in [0, 0.05) is 19.3 Å². The first-order chi connectivity index (χ1) is 24.2. The first-order valence-electron chi connectivity index (χ1n) is 21.1. The van der Waals surface area contributed by atoms with Gasteiger partial charge in [-0.05, 0) is 109 Å². The van der Waals surface area contributed by atoms with Crippen LogP contribution in [0.5, 0.6) is 0 Å². The van der Waals surface area contributed by atoms with Gasteiger partial charge in [0.05, 0.1) is 6.61 Å². The molecule has 0 heterocycles. The summed E-state index contributed by atoms with van der Waals surface area (Å²) in [5, 5.41) is 0. The van der Waals surface area contributed by atoms with E-state index in [0.717, 1.165) is 103 Å². The first-order valence-corrected chi connectivity index (χ1v) is 21.1. The van der Waals surface area contributed by atoms with Crippen molar-refractivity contribution in [3.05, 3.63) is 11.1 Å². The molecule has 0 spiro atoms. The highest BCUT2D eigenvalue weighted by atomic mass is 16.5. The maximum atomic E-state index is 12.6. The Balaban J connectivity index is 1.55. The van der Waals surface area contributed by atoms with Gasteiger partial charge in [0.25, 0.3) is 0 Å². The molecule has 0 aromatic rings. The zero-order valence-corrected chi connectivity index (χ0v) is 33.2. The van der Waals surface area contributed by atoms with Crippen molar-refractivity contribution in [3.63, 3.8) is 0 Å². The molecular formula is C43H77NO6. The Kier molecular flexibility index (Phi) is 24.5. The van der Waals surface area contributed by atoms with Gasteiger partial charge in [-0.3, -0.25) is 14.4 Å². The van der Waals surface area contributed by atoms with E-state index in [1.807, 2.05) is 14.1 Å². The highest BCUT2D eigenvalue weighted by molar-refractivity contribution is 5.70. The lowest BCUT2D eigenvalue weighted by molar-refractivity contribution is -0.150. The third kappa shape index (κ3) is 21.5. The van der Waals surface area contributed by atoms with Crippen molar-refractivity contribution in [2.24, 2.45) is 11.8 Å². The molecule has 0 bridgehead atoms. The van der Waals surface area contributed by atoms with E-state index >= 15 is 0 Å². The Labute approximate surface area is 307 Å². The van der Waals surface area contributed by atoms with Gasteiger partial charge in [-0.1, -0.05) is 109 Å². The largest absolute Gasteiger partial charge is 0.466 e. The van der Waals surface area contributed by atoms with E-state index in [4.69, 9.17) is 14.2 Å². The van der Waals surface area contributed by atoms with Gasteiger partial charge in [-0.2, -0.15) is 0 Å². The molecule has 1 fully saturated rings. The van der Waals surface area contributed by atoms with Gasteiger partial charge < -0.3 is 19.1 Å². The van der Waals surface area contributed by atoms with Crippen LogP contribution < -0.4 is 0 Å². The minimum absolute atomic E-state index is 0.0189. The lowest BCUT2D eigenvalue weighted by atomic mass is 9.92. The van der Waals surface area contributed by atoms with E-state index < -0.39 is 0 Å². The molecule has 0 aliphatic heterocycles. The van der Waals surface area contributed by atoms with Crippen LogP contribution in [-0.4, -0.2) is 62.3 Å². The van der Waals surface area contributed by atoms with Crippen LogP contribution in [0.2, 0.25) is 0 Å². The molecule has 2 rings (SSSR count). The van der Waals surface area contributed by atoms with Crippen LogP contribution in [0.25, 0.3) is 0 Å². The second-order valence-corrected chi connectivity index (χ2v) is 15.8. The van der Waals surface area contributed by atoms with E-state index in [9.17, 15) is 14.4 Å². The Hall–Kier alpha value is -1.89. The average molecular weight is 704 g/mol. The normalized spacial score (nSPS) is 17.3. The van der Waals surface area contributed by atoms with Crippen molar-refractivity contribution in [2.75, 3.05) is 27.2 Å². The lowest BCUT2D eigenvalue weighted by Crippen LogP contribution is -2.20. The number of allylic oxidation sites excluding steroid dienone is 1. The summed E-state index contributed by atoms with van der Waals surface area (Å²) in [7, 11) is 4.05. The maximum Gasteiger partial charge on any atom is 0.306 e. The number of carbonyl (C=O) groups is 3. The molecule has 50 heavy (non-hydrogen) atoms. The zero-order chi connectivity index (χ0) is 36.4. The van der Waals surface area contributed by atoms with Crippen molar-refractivity contribution in [1.82, 2.24) is 4.90 Å². The number of unbranched alkanes of at least 4 members (excludes halogenated alkanes) is 12. The van der Waals surface area contributed by atoms with E-state index in [0.29, 0.717) is 37.7 Å². The maximum absolute atomic E-state index is 12.6. The van der Waals surface area contributed by atoms with Crippen molar-refractivity contribution in [1.29, 1.82) is 0 Å². The highest BCUT2D eigenvalue weighted by Crippen LogP contribution is 2.51. The molecule has 0 saturated heterocycles. The van der Waals surface area contributed by atoms with Crippen molar-refractivity contribution < 1.29 is 28.6 Å².